The first kappa shape index (κ1) is 16.9. The second-order valence-electron chi connectivity index (χ2n) is 5.61. The number of hydrogen-bond acceptors (Lipinski definition) is 6. The number of halogens is 1. The summed E-state index contributed by atoms with van der Waals surface area (Å²) in [5.41, 5.74) is 0. The summed E-state index contributed by atoms with van der Waals surface area (Å²) >= 11 is 6.84. The van der Waals surface area contributed by atoms with Crippen LogP contribution in [0.4, 0.5) is 0 Å². The van der Waals surface area contributed by atoms with Crippen molar-refractivity contribution in [3.63, 3.8) is 0 Å². The lowest BCUT2D eigenvalue weighted by Gasteiger charge is -2.14. The Morgan fingerprint density at radius 3 is 2.33 bits per heavy atom. The Kier molecular flexibility index (Phi) is 4.82. The van der Waals surface area contributed by atoms with Gasteiger partial charge < -0.3 is 4.74 Å². The van der Waals surface area contributed by atoms with Crippen LogP contribution in [-0.2, 0) is 19.1 Å². The van der Waals surface area contributed by atoms with E-state index in [4.69, 9.17) is 16.3 Å². The van der Waals surface area contributed by atoms with Gasteiger partial charge in [-0.05, 0) is 25.0 Å². The second kappa shape index (κ2) is 6.86. The Morgan fingerprint density at radius 2 is 1.79 bits per heavy atom. The smallest absolute Gasteiger partial charge is 0.326 e. The lowest BCUT2D eigenvalue weighted by Crippen LogP contribution is -2.37. The molecule has 2 unspecified atom stereocenters. The van der Waals surface area contributed by atoms with Gasteiger partial charge in [0.1, 0.15) is 6.54 Å². The first-order chi connectivity index (χ1) is 11.5. The number of likely N-dealkylation sites (tertiary alicyclic amines) is 1. The molecule has 2 heterocycles. The zero-order valence-electron chi connectivity index (χ0n) is 12.6. The molecule has 1 aromatic rings. The maximum Gasteiger partial charge on any atom is 0.326 e. The third-order valence-corrected chi connectivity index (χ3v) is 5.37. The van der Waals surface area contributed by atoms with E-state index in [2.05, 4.69) is 0 Å². The summed E-state index contributed by atoms with van der Waals surface area (Å²) in [6, 6.07) is 3.13. The summed E-state index contributed by atoms with van der Waals surface area (Å²) in [7, 11) is 0. The maximum absolute atomic E-state index is 12.2. The van der Waals surface area contributed by atoms with Crippen LogP contribution in [0.1, 0.15) is 22.5 Å². The Balaban J connectivity index is 1.54. The van der Waals surface area contributed by atoms with Crippen LogP contribution >= 0.6 is 22.9 Å². The number of nitrogens with zero attached hydrogens (tertiary/aromatic N) is 1. The zero-order valence-corrected chi connectivity index (χ0v) is 14.1. The van der Waals surface area contributed by atoms with Crippen molar-refractivity contribution < 1.29 is 23.9 Å². The number of thiophene rings is 1. The second-order valence-corrected chi connectivity index (χ2v) is 7.32. The molecule has 1 aliphatic heterocycles. The number of Topliss-reactive ketones (excluding diaryl/α,β-unsaturated/α-hetero) is 1. The van der Waals surface area contributed by atoms with Gasteiger partial charge in [0.15, 0.2) is 6.61 Å². The van der Waals surface area contributed by atoms with Gasteiger partial charge in [-0.2, -0.15) is 0 Å². The van der Waals surface area contributed by atoms with Crippen molar-refractivity contribution in [1.29, 1.82) is 0 Å². The predicted octanol–water partition coefficient (Wildman–Crippen LogP) is 2.08. The third kappa shape index (κ3) is 3.27. The van der Waals surface area contributed by atoms with Gasteiger partial charge in [-0.25, -0.2) is 0 Å². The van der Waals surface area contributed by atoms with Crippen molar-refractivity contribution in [3.8, 4) is 0 Å². The highest BCUT2D eigenvalue weighted by Crippen LogP contribution is 2.34. The molecule has 6 nitrogen and oxygen atoms in total. The number of rotatable bonds is 5. The largest absolute Gasteiger partial charge is 0.456 e. The van der Waals surface area contributed by atoms with Gasteiger partial charge in [0.25, 0.3) is 0 Å². The fraction of sp³-hybridized carbons (Fsp3) is 0.375. The molecule has 0 N–H and O–H groups in total. The highest BCUT2D eigenvalue weighted by Gasteiger charge is 2.47. The Morgan fingerprint density at radius 1 is 1.17 bits per heavy atom. The van der Waals surface area contributed by atoms with E-state index in [1.807, 2.05) is 12.2 Å². The predicted molar refractivity (Wildman–Crippen MR) is 86.7 cm³/mol. The molecule has 2 amide bonds. The number of allylic oxidation sites excluding steroid dienone is 2. The van der Waals surface area contributed by atoms with Gasteiger partial charge >= 0.3 is 5.97 Å². The molecule has 0 bridgehead atoms. The summed E-state index contributed by atoms with van der Waals surface area (Å²) in [6.07, 6.45) is 4.77. The highest BCUT2D eigenvalue weighted by atomic mass is 35.5. The van der Waals surface area contributed by atoms with Crippen molar-refractivity contribution in [2.24, 2.45) is 11.8 Å². The Hall–Kier alpha value is -1.99. The van der Waals surface area contributed by atoms with E-state index < -0.39 is 19.1 Å². The van der Waals surface area contributed by atoms with Crippen LogP contribution in [0, 0.1) is 11.8 Å². The number of esters is 1. The fourth-order valence-electron chi connectivity index (χ4n) is 2.88. The standard InChI is InChI=1S/C16H14ClNO5S/c17-13-6-5-12(24-13)11(19)8-23-14(20)7-18-15(21)9-3-1-2-4-10(9)16(18)22/h1-2,5-6,9-10H,3-4,7-8H2. The lowest BCUT2D eigenvalue weighted by atomic mass is 9.85. The minimum Gasteiger partial charge on any atom is -0.456 e. The maximum atomic E-state index is 12.2. The molecule has 1 aliphatic carbocycles. The van der Waals surface area contributed by atoms with Gasteiger partial charge in [0.05, 0.1) is 21.0 Å². The van der Waals surface area contributed by atoms with Crippen molar-refractivity contribution in [3.05, 3.63) is 33.5 Å². The first-order valence-corrected chi connectivity index (χ1v) is 8.61. The van der Waals surface area contributed by atoms with Gasteiger partial charge in [-0.1, -0.05) is 23.8 Å². The van der Waals surface area contributed by atoms with Crippen LogP contribution in [0.3, 0.4) is 0 Å². The molecule has 0 spiro atoms. The van der Waals surface area contributed by atoms with Gasteiger partial charge in [-0.3, -0.25) is 24.1 Å². The number of amides is 2. The zero-order chi connectivity index (χ0) is 17.3. The monoisotopic (exact) mass is 367 g/mol. The molecular formula is C16H14ClNO5S. The number of imide groups is 1. The van der Waals surface area contributed by atoms with Crippen molar-refractivity contribution in [1.82, 2.24) is 4.90 Å². The van der Waals surface area contributed by atoms with Crippen LogP contribution in [0.25, 0.3) is 0 Å². The quantitative estimate of drug-likeness (QED) is 0.344. The minimum atomic E-state index is -0.778. The van der Waals surface area contributed by atoms with Gasteiger partial charge in [0, 0.05) is 0 Å². The fourth-order valence-corrected chi connectivity index (χ4v) is 3.85. The van der Waals surface area contributed by atoms with E-state index in [9.17, 15) is 19.2 Å². The Bertz CT molecular complexity index is 715. The van der Waals surface area contributed by atoms with Crippen molar-refractivity contribution >= 4 is 46.5 Å². The molecule has 1 saturated heterocycles. The lowest BCUT2D eigenvalue weighted by molar-refractivity contribution is -0.152. The summed E-state index contributed by atoms with van der Waals surface area (Å²) in [4.78, 5) is 49.5. The summed E-state index contributed by atoms with van der Waals surface area (Å²) in [6.45, 7) is -0.899. The van der Waals surface area contributed by atoms with E-state index in [1.165, 1.54) is 0 Å². The number of carbonyl (C=O) groups excluding carboxylic acids is 4. The molecule has 1 aromatic heterocycles. The number of fused-ring (bicyclic) bond motifs is 1. The van der Waals surface area contributed by atoms with Crippen molar-refractivity contribution in [2.75, 3.05) is 13.2 Å². The SMILES string of the molecule is O=C(CN1C(=O)C2CC=CCC2C1=O)OCC(=O)c1ccc(Cl)s1. The molecular weight excluding hydrogens is 354 g/mol. The number of ether oxygens (including phenoxy) is 1. The molecule has 1 fully saturated rings. The van der Waals surface area contributed by atoms with Crippen molar-refractivity contribution in [2.45, 2.75) is 12.8 Å². The molecule has 0 aromatic carbocycles. The third-order valence-electron chi connectivity index (χ3n) is 4.10. The molecule has 2 atom stereocenters. The van der Waals surface area contributed by atoms with E-state index in [-0.39, 0.29) is 29.4 Å². The van der Waals surface area contributed by atoms with Crippen LogP contribution in [0.2, 0.25) is 4.34 Å². The van der Waals surface area contributed by atoms with E-state index in [0.717, 1.165) is 16.2 Å². The van der Waals surface area contributed by atoms with Crippen LogP contribution in [0.5, 0.6) is 0 Å². The van der Waals surface area contributed by atoms with Crippen LogP contribution in [-0.4, -0.2) is 41.6 Å². The number of carbonyl (C=O) groups is 4. The molecule has 126 valence electrons. The van der Waals surface area contributed by atoms with E-state index >= 15 is 0 Å². The molecule has 24 heavy (non-hydrogen) atoms. The summed E-state index contributed by atoms with van der Waals surface area (Å²) in [5, 5.41) is 0. The summed E-state index contributed by atoms with van der Waals surface area (Å²) < 4.78 is 5.36. The topological polar surface area (TPSA) is 80.8 Å². The average molecular weight is 368 g/mol. The average Bonchev–Trinajstić information content (AvgIpc) is 3.11. The highest BCUT2D eigenvalue weighted by molar-refractivity contribution is 7.18. The van der Waals surface area contributed by atoms with E-state index in [0.29, 0.717) is 22.1 Å². The normalized spacial score (nSPS) is 22.6. The number of hydrogen-bond donors (Lipinski definition) is 0. The van der Waals surface area contributed by atoms with Gasteiger partial charge in [-0.15, -0.1) is 11.3 Å². The molecule has 3 rings (SSSR count). The van der Waals surface area contributed by atoms with Gasteiger partial charge in [0.2, 0.25) is 17.6 Å². The van der Waals surface area contributed by atoms with Crippen LogP contribution < -0.4 is 0 Å². The summed E-state index contributed by atoms with van der Waals surface area (Å²) in [5.74, 6) is -2.61. The number of ketones is 1. The van der Waals surface area contributed by atoms with E-state index in [1.54, 1.807) is 12.1 Å². The minimum absolute atomic E-state index is 0.345. The Labute approximate surface area is 147 Å². The van der Waals surface area contributed by atoms with Crippen LogP contribution in [0.15, 0.2) is 24.3 Å². The molecule has 8 heteroatoms. The molecule has 2 aliphatic rings. The first-order valence-electron chi connectivity index (χ1n) is 7.41. The molecule has 0 saturated carbocycles. The molecule has 0 radical (unpaired) electrons.